The molecular formula is C17H18O5. The van der Waals surface area contributed by atoms with Crippen LogP contribution in [0.4, 0.5) is 0 Å². The number of phenolic OH excluding ortho intramolecular Hbond substituents is 1. The minimum atomic E-state index is -0.587. The maximum absolute atomic E-state index is 12.0. The van der Waals surface area contributed by atoms with Gasteiger partial charge < -0.3 is 19.3 Å². The van der Waals surface area contributed by atoms with Crippen molar-refractivity contribution in [1.29, 1.82) is 0 Å². The zero-order valence-electron chi connectivity index (χ0n) is 12.5. The molecule has 22 heavy (non-hydrogen) atoms. The molecule has 1 atom stereocenters. The van der Waals surface area contributed by atoms with Crippen LogP contribution in [-0.2, 0) is 9.53 Å². The normalized spacial score (nSPS) is 11.5. The average Bonchev–Trinajstić information content (AvgIpc) is 2.56. The molecule has 0 saturated heterocycles. The molecular weight excluding hydrogens is 284 g/mol. The third-order valence-corrected chi connectivity index (χ3v) is 3.26. The van der Waals surface area contributed by atoms with Crippen molar-refractivity contribution < 1.29 is 24.1 Å². The van der Waals surface area contributed by atoms with Gasteiger partial charge in [-0.2, -0.15) is 0 Å². The van der Waals surface area contributed by atoms with Gasteiger partial charge in [-0.3, -0.25) is 4.79 Å². The molecule has 0 aromatic heterocycles. The van der Waals surface area contributed by atoms with Gasteiger partial charge in [-0.05, 0) is 29.8 Å². The third kappa shape index (κ3) is 3.69. The van der Waals surface area contributed by atoms with Crippen molar-refractivity contribution in [3.05, 3.63) is 54.1 Å². The van der Waals surface area contributed by atoms with E-state index in [4.69, 9.17) is 14.2 Å². The number of carbonyl (C=O) groups excluding carboxylic acids is 1. The molecule has 2 aromatic carbocycles. The van der Waals surface area contributed by atoms with Crippen LogP contribution in [0.25, 0.3) is 0 Å². The Morgan fingerprint density at radius 2 is 1.68 bits per heavy atom. The lowest BCUT2D eigenvalue weighted by Gasteiger charge is -2.17. The summed E-state index contributed by atoms with van der Waals surface area (Å²) in [6, 6.07) is 13.6. The van der Waals surface area contributed by atoms with Gasteiger partial charge in [0.15, 0.2) is 11.5 Å². The van der Waals surface area contributed by atoms with Gasteiger partial charge in [0.1, 0.15) is 18.3 Å². The van der Waals surface area contributed by atoms with Crippen molar-refractivity contribution in [3.63, 3.8) is 0 Å². The molecule has 5 nitrogen and oxygen atoms in total. The van der Waals surface area contributed by atoms with E-state index in [0.29, 0.717) is 17.1 Å². The zero-order chi connectivity index (χ0) is 15.9. The smallest absolute Gasteiger partial charge is 0.316 e. The van der Waals surface area contributed by atoms with Crippen LogP contribution in [0.1, 0.15) is 11.5 Å². The van der Waals surface area contributed by atoms with E-state index in [2.05, 4.69) is 0 Å². The quantitative estimate of drug-likeness (QED) is 0.831. The summed E-state index contributed by atoms with van der Waals surface area (Å²) in [5, 5.41) is 9.35. The molecule has 1 unspecified atom stereocenters. The van der Waals surface area contributed by atoms with Crippen molar-refractivity contribution >= 4 is 5.97 Å². The summed E-state index contributed by atoms with van der Waals surface area (Å²) in [6.07, 6.45) is 0. The molecule has 2 aromatic rings. The molecule has 0 aliphatic rings. The van der Waals surface area contributed by atoms with Gasteiger partial charge in [0.05, 0.1) is 14.2 Å². The van der Waals surface area contributed by atoms with Crippen LogP contribution < -0.4 is 9.47 Å². The summed E-state index contributed by atoms with van der Waals surface area (Å²) >= 11 is 0. The standard InChI is InChI=1S/C17H18O5/c1-20-15-5-3-4-6-16(15)22-11-14(17(19)21-2)12-7-9-13(18)10-8-12/h3-10,14,18H,11H2,1-2H3. The summed E-state index contributed by atoms with van der Waals surface area (Å²) in [5.74, 6) is 0.295. The summed E-state index contributed by atoms with van der Waals surface area (Å²) in [4.78, 5) is 12.0. The van der Waals surface area contributed by atoms with E-state index in [1.165, 1.54) is 19.2 Å². The van der Waals surface area contributed by atoms with E-state index < -0.39 is 11.9 Å². The molecule has 0 fully saturated rings. The molecule has 5 heteroatoms. The van der Waals surface area contributed by atoms with Crippen LogP contribution in [-0.4, -0.2) is 31.9 Å². The van der Waals surface area contributed by atoms with Crippen LogP contribution in [0.15, 0.2) is 48.5 Å². The highest BCUT2D eigenvalue weighted by molar-refractivity contribution is 5.78. The number of methoxy groups -OCH3 is 2. The monoisotopic (exact) mass is 302 g/mol. The summed E-state index contributed by atoms with van der Waals surface area (Å²) in [5.41, 5.74) is 0.708. The molecule has 0 saturated carbocycles. The minimum absolute atomic E-state index is 0.109. The number of esters is 1. The van der Waals surface area contributed by atoms with Crippen molar-refractivity contribution in [1.82, 2.24) is 0 Å². The Balaban J connectivity index is 2.17. The predicted molar refractivity (Wildman–Crippen MR) is 81.4 cm³/mol. The van der Waals surface area contributed by atoms with Crippen LogP contribution in [0, 0.1) is 0 Å². The predicted octanol–water partition coefficient (Wildman–Crippen LogP) is 2.74. The van der Waals surface area contributed by atoms with E-state index in [1.807, 2.05) is 12.1 Å². The number of ether oxygens (including phenoxy) is 3. The zero-order valence-corrected chi connectivity index (χ0v) is 12.5. The number of hydrogen-bond donors (Lipinski definition) is 1. The van der Waals surface area contributed by atoms with Gasteiger partial charge in [-0.25, -0.2) is 0 Å². The lowest BCUT2D eigenvalue weighted by molar-refractivity contribution is -0.143. The Kier molecular flexibility index (Phi) is 5.25. The first-order chi connectivity index (χ1) is 10.7. The molecule has 0 heterocycles. The Labute approximate surface area is 129 Å². The van der Waals surface area contributed by atoms with Gasteiger partial charge in [0.25, 0.3) is 0 Å². The molecule has 0 radical (unpaired) electrons. The topological polar surface area (TPSA) is 65.0 Å². The SMILES string of the molecule is COC(=O)C(COc1ccccc1OC)c1ccc(O)cc1. The maximum Gasteiger partial charge on any atom is 0.316 e. The van der Waals surface area contributed by atoms with Crippen molar-refractivity contribution in [2.75, 3.05) is 20.8 Å². The molecule has 2 rings (SSSR count). The highest BCUT2D eigenvalue weighted by Crippen LogP contribution is 2.28. The fourth-order valence-electron chi connectivity index (χ4n) is 2.06. The van der Waals surface area contributed by atoms with E-state index in [-0.39, 0.29) is 12.4 Å². The fourth-order valence-corrected chi connectivity index (χ4v) is 2.06. The highest BCUT2D eigenvalue weighted by Gasteiger charge is 2.23. The molecule has 0 aliphatic heterocycles. The van der Waals surface area contributed by atoms with Crippen LogP contribution in [0.2, 0.25) is 0 Å². The number of carbonyl (C=O) groups is 1. The van der Waals surface area contributed by atoms with Gasteiger partial charge >= 0.3 is 5.97 Å². The third-order valence-electron chi connectivity index (χ3n) is 3.26. The number of hydrogen-bond acceptors (Lipinski definition) is 5. The van der Waals surface area contributed by atoms with Crippen molar-refractivity contribution in [2.24, 2.45) is 0 Å². The Morgan fingerprint density at radius 3 is 2.27 bits per heavy atom. The van der Waals surface area contributed by atoms with Crippen LogP contribution in [0.3, 0.4) is 0 Å². The lowest BCUT2D eigenvalue weighted by atomic mass is 10.00. The first-order valence-corrected chi connectivity index (χ1v) is 6.78. The molecule has 0 spiro atoms. The van der Waals surface area contributed by atoms with Gasteiger partial charge in [0.2, 0.25) is 0 Å². The largest absolute Gasteiger partial charge is 0.508 e. The van der Waals surface area contributed by atoms with Crippen LogP contribution >= 0.6 is 0 Å². The second-order valence-corrected chi connectivity index (χ2v) is 4.63. The summed E-state index contributed by atoms with van der Waals surface area (Å²) < 4.78 is 15.8. The number of para-hydroxylation sites is 2. The van der Waals surface area contributed by atoms with E-state index >= 15 is 0 Å². The molecule has 116 valence electrons. The van der Waals surface area contributed by atoms with Crippen molar-refractivity contribution in [3.8, 4) is 17.2 Å². The molecule has 0 bridgehead atoms. The van der Waals surface area contributed by atoms with Gasteiger partial charge in [0, 0.05) is 0 Å². The van der Waals surface area contributed by atoms with E-state index in [9.17, 15) is 9.90 Å². The lowest BCUT2D eigenvalue weighted by Crippen LogP contribution is -2.21. The molecule has 0 amide bonds. The van der Waals surface area contributed by atoms with E-state index in [0.717, 1.165) is 0 Å². The number of benzene rings is 2. The first kappa shape index (κ1) is 15.7. The summed E-state index contributed by atoms with van der Waals surface area (Å²) in [6.45, 7) is 0.109. The second-order valence-electron chi connectivity index (χ2n) is 4.63. The average molecular weight is 302 g/mol. The molecule has 0 aliphatic carbocycles. The fraction of sp³-hybridized carbons (Fsp3) is 0.235. The number of aromatic hydroxyl groups is 1. The van der Waals surface area contributed by atoms with Gasteiger partial charge in [-0.15, -0.1) is 0 Å². The van der Waals surface area contributed by atoms with Gasteiger partial charge in [-0.1, -0.05) is 24.3 Å². The summed E-state index contributed by atoms with van der Waals surface area (Å²) in [7, 11) is 2.89. The first-order valence-electron chi connectivity index (χ1n) is 6.78. The maximum atomic E-state index is 12.0. The Hall–Kier alpha value is -2.69. The molecule has 1 N–H and O–H groups in total. The minimum Gasteiger partial charge on any atom is -0.508 e. The number of rotatable bonds is 6. The van der Waals surface area contributed by atoms with Crippen molar-refractivity contribution in [2.45, 2.75) is 5.92 Å². The highest BCUT2D eigenvalue weighted by atomic mass is 16.5. The Bertz CT molecular complexity index is 621. The van der Waals surface area contributed by atoms with E-state index in [1.54, 1.807) is 31.4 Å². The van der Waals surface area contributed by atoms with Crippen LogP contribution in [0.5, 0.6) is 17.2 Å². The Morgan fingerprint density at radius 1 is 1.05 bits per heavy atom. The second kappa shape index (κ2) is 7.36. The number of phenols is 1.